The molecular weight excluding hydrogens is 789 g/mol. The van der Waals surface area contributed by atoms with Gasteiger partial charge in [0.15, 0.2) is 17.5 Å². The molecule has 0 aliphatic carbocycles. The Labute approximate surface area is 365 Å². The number of hydrogen-bond donors (Lipinski definition) is 0. The van der Waals surface area contributed by atoms with Crippen LogP contribution in [0.1, 0.15) is 0 Å². The van der Waals surface area contributed by atoms with E-state index in [4.69, 9.17) is 19.4 Å². The number of thiophene rings is 1. The standard InChI is InChI=1S/C57H34N4OS/c1-3-13-35(14-4-1)37-17-11-18-38(31-37)55-58-56(39-26-30-52-47(32-39)54-42(21-12-24-53(54)63-52)36-15-5-2-6-16-36)60-57(59-55)40-25-28-45-46-34-41(27-29-50(46)62-51(45)33-40)61-48-22-9-7-19-43(48)44-20-8-10-23-49(44)61/h1-34H. The SMILES string of the molecule is c1ccc(-c2cccc(-c3nc(-c4ccc5c(c4)oc4ccc(-n6c7ccccc7c7ccccc76)cc45)nc(-c4ccc5sc6cccc(-c7ccccc7)c6c5c4)n3)c2)cc1. The van der Waals surface area contributed by atoms with Gasteiger partial charge in [-0.15, -0.1) is 11.3 Å². The van der Waals surface area contributed by atoms with Gasteiger partial charge in [-0.1, -0.05) is 133 Å². The number of benzene rings is 9. The number of fused-ring (bicyclic) bond motifs is 9. The third-order valence-corrected chi connectivity index (χ3v) is 13.4. The molecule has 0 amide bonds. The van der Waals surface area contributed by atoms with Crippen LogP contribution in [-0.2, 0) is 0 Å². The lowest BCUT2D eigenvalue weighted by Crippen LogP contribution is -2.00. The summed E-state index contributed by atoms with van der Waals surface area (Å²) in [6.07, 6.45) is 0. The van der Waals surface area contributed by atoms with Crippen LogP contribution in [0.3, 0.4) is 0 Å². The predicted octanol–water partition coefficient (Wildman–Crippen LogP) is 15.6. The molecule has 0 saturated carbocycles. The van der Waals surface area contributed by atoms with Crippen molar-refractivity contribution in [2.24, 2.45) is 0 Å². The van der Waals surface area contributed by atoms with Gasteiger partial charge in [0.2, 0.25) is 0 Å². The van der Waals surface area contributed by atoms with Gasteiger partial charge in [-0.2, -0.15) is 0 Å². The quantitative estimate of drug-likeness (QED) is 0.168. The summed E-state index contributed by atoms with van der Waals surface area (Å²) in [6.45, 7) is 0. The normalized spacial score (nSPS) is 11.8. The van der Waals surface area contributed by atoms with E-state index in [2.05, 4.69) is 205 Å². The summed E-state index contributed by atoms with van der Waals surface area (Å²) < 4.78 is 11.4. The third-order valence-electron chi connectivity index (χ3n) is 12.3. The molecule has 0 saturated heterocycles. The zero-order valence-electron chi connectivity index (χ0n) is 33.7. The maximum Gasteiger partial charge on any atom is 0.164 e. The molecule has 0 N–H and O–H groups in total. The first-order valence-electron chi connectivity index (χ1n) is 21.1. The zero-order chi connectivity index (χ0) is 41.4. The fraction of sp³-hybridized carbons (Fsp3) is 0. The van der Waals surface area contributed by atoms with Crippen molar-refractivity contribution < 1.29 is 4.42 Å². The van der Waals surface area contributed by atoms with E-state index in [0.717, 1.165) is 55.4 Å². The van der Waals surface area contributed by atoms with Crippen LogP contribution in [0.4, 0.5) is 0 Å². The number of nitrogens with zero attached hydrogens (tertiary/aromatic N) is 4. The van der Waals surface area contributed by atoms with Gasteiger partial charge in [-0.05, 0) is 95.1 Å². The molecule has 0 aliphatic heterocycles. The lowest BCUT2D eigenvalue weighted by molar-refractivity contribution is 0.669. The highest BCUT2D eigenvalue weighted by atomic mass is 32.1. The summed E-state index contributed by atoms with van der Waals surface area (Å²) in [5.41, 5.74) is 12.4. The van der Waals surface area contributed by atoms with Crippen LogP contribution in [0.15, 0.2) is 211 Å². The zero-order valence-corrected chi connectivity index (χ0v) is 34.6. The molecule has 13 rings (SSSR count). The molecule has 0 aliphatic rings. The molecule has 5 nitrogen and oxygen atoms in total. The van der Waals surface area contributed by atoms with E-state index in [-0.39, 0.29) is 0 Å². The number of furan rings is 1. The smallest absolute Gasteiger partial charge is 0.164 e. The van der Waals surface area contributed by atoms with E-state index < -0.39 is 0 Å². The van der Waals surface area contributed by atoms with Crippen LogP contribution in [0, 0.1) is 0 Å². The van der Waals surface area contributed by atoms with E-state index in [1.807, 2.05) is 17.4 Å². The van der Waals surface area contributed by atoms with Gasteiger partial charge in [0.25, 0.3) is 0 Å². The van der Waals surface area contributed by atoms with Crippen molar-refractivity contribution in [1.29, 1.82) is 0 Å². The van der Waals surface area contributed by atoms with Crippen molar-refractivity contribution in [3.8, 4) is 62.1 Å². The topological polar surface area (TPSA) is 56.7 Å². The highest BCUT2D eigenvalue weighted by Crippen LogP contribution is 2.42. The second-order valence-corrected chi connectivity index (χ2v) is 17.1. The number of hydrogen-bond acceptors (Lipinski definition) is 5. The highest BCUT2D eigenvalue weighted by Gasteiger charge is 2.19. The molecule has 0 atom stereocenters. The summed E-state index contributed by atoms with van der Waals surface area (Å²) in [5, 5.41) is 6.98. The van der Waals surface area contributed by atoms with Crippen LogP contribution < -0.4 is 0 Å². The lowest BCUT2D eigenvalue weighted by Gasteiger charge is -2.10. The molecule has 4 aromatic heterocycles. The Bertz CT molecular complexity index is 3870. The van der Waals surface area contributed by atoms with E-state index in [1.54, 1.807) is 0 Å². The Morgan fingerprint density at radius 1 is 0.349 bits per heavy atom. The summed E-state index contributed by atoms with van der Waals surface area (Å²) >= 11 is 1.81. The van der Waals surface area contributed by atoms with E-state index in [1.165, 1.54) is 53.1 Å². The Hall–Kier alpha value is -8.19. The maximum absolute atomic E-state index is 6.60. The minimum absolute atomic E-state index is 0.577. The van der Waals surface area contributed by atoms with Crippen LogP contribution in [0.2, 0.25) is 0 Å². The number of rotatable bonds is 6. The molecule has 9 aromatic carbocycles. The summed E-state index contributed by atoms with van der Waals surface area (Å²) in [6, 6.07) is 72.7. The van der Waals surface area contributed by atoms with Crippen molar-refractivity contribution >= 4 is 75.3 Å². The third kappa shape index (κ3) is 5.87. The second kappa shape index (κ2) is 14.2. The Morgan fingerprint density at radius 3 is 1.70 bits per heavy atom. The van der Waals surface area contributed by atoms with E-state index >= 15 is 0 Å². The summed E-state index contributed by atoms with van der Waals surface area (Å²) in [7, 11) is 0. The van der Waals surface area contributed by atoms with Crippen LogP contribution in [0.5, 0.6) is 0 Å². The predicted molar refractivity (Wildman–Crippen MR) is 262 cm³/mol. The van der Waals surface area contributed by atoms with E-state index in [0.29, 0.717) is 17.5 Å². The summed E-state index contributed by atoms with van der Waals surface area (Å²) in [5.74, 6) is 1.79. The molecule has 6 heteroatoms. The highest BCUT2D eigenvalue weighted by molar-refractivity contribution is 7.26. The average molecular weight is 823 g/mol. The Morgan fingerprint density at radius 2 is 0.952 bits per heavy atom. The fourth-order valence-corrected chi connectivity index (χ4v) is 10.4. The van der Waals surface area contributed by atoms with Crippen LogP contribution >= 0.6 is 11.3 Å². The van der Waals surface area contributed by atoms with Crippen molar-refractivity contribution in [2.75, 3.05) is 0 Å². The molecule has 294 valence electrons. The van der Waals surface area contributed by atoms with Crippen molar-refractivity contribution in [1.82, 2.24) is 19.5 Å². The molecule has 0 unspecified atom stereocenters. The Kier molecular flexibility index (Phi) is 8.01. The lowest BCUT2D eigenvalue weighted by atomic mass is 9.99. The largest absolute Gasteiger partial charge is 0.456 e. The van der Waals surface area contributed by atoms with Gasteiger partial charge in [0, 0.05) is 64.1 Å². The van der Waals surface area contributed by atoms with Gasteiger partial charge in [0.1, 0.15) is 11.2 Å². The molecule has 0 radical (unpaired) electrons. The van der Waals surface area contributed by atoms with Crippen molar-refractivity contribution in [3.63, 3.8) is 0 Å². The van der Waals surface area contributed by atoms with Gasteiger partial charge < -0.3 is 8.98 Å². The minimum atomic E-state index is 0.577. The van der Waals surface area contributed by atoms with Gasteiger partial charge in [0.05, 0.1) is 11.0 Å². The molecule has 0 spiro atoms. The van der Waals surface area contributed by atoms with Crippen LogP contribution in [-0.4, -0.2) is 19.5 Å². The minimum Gasteiger partial charge on any atom is -0.456 e. The molecular formula is C57H34N4OS. The van der Waals surface area contributed by atoms with Crippen molar-refractivity contribution in [2.45, 2.75) is 0 Å². The van der Waals surface area contributed by atoms with Gasteiger partial charge in [-0.25, -0.2) is 15.0 Å². The first kappa shape index (κ1) is 35.6. The number of para-hydroxylation sites is 2. The van der Waals surface area contributed by atoms with E-state index in [9.17, 15) is 0 Å². The van der Waals surface area contributed by atoms with Gasteiger partial charge >= 0.3 is 0 Å². The monoisotopic (exact) mass is 822 g/mol. The first-order chi connectivity index (χ1) is 31.2. The molecule has 0 fully saturated rings. The summed E-state index contributed by atoms with van der Waals surface area (Å²) in [4.78, 5) is 15.6. The average Bonchev–Trinajstić information content (AvgIpc) is 4.03. The Balaban J connectivity index is 0.972. The van der Waals surface area contributed by atoms with Gasteiger partial charge in [-0.3, -0.25) is 0 Å². The fourth-order valence-electron chi connectivity index (χ4n) is 9.30. The molecule has 63 heavy (non-hydrogen) atoms. The molecule has 13 aromatic rings. The number of aromatic nitrogens is 4. The molecule has 0 bridgehead atoms. The second-order valence-electron chi connectivity index (χ2n) is 16.0. The van der Waals surface area contributed by atoms with Crippen LogP contribution in [0.25, 0.3) is 126 Å². The maximum atomic E-state index is 6.60. The van der Waals surface area contributed by atoms with Crippen molar-refractivity contribution in [3.05, 3.63) is 206 Å². The first-order valence-corrected chi connectivity index (χ1v) is 21.9. The molecule has 4 heterocycles.